The van der Waals surface area contributed by atoms with Gasteiger partial charge in [-0.3, -0.25) is 0 Å². The van der Waals surface area contributed by atoms with E-state index in [2.05, 4.69) is 20.8 Å². The first-order valence-electron chi connectivity index (χ1n) is 14.8. The molecular formula is C30H56O. The number of aliphatic hydroxyl groups excluding tert-OH is 1. The van der Waals surface area contributed by atoms with Crippen molar-refractivity contribution in [3.8, 4) is 0 Å². The minimum Gasteiger partial charge on any atom is -0.396 e. The molecule has 0 saturated heterocycles. The molecule has 0 aromatic carbocycles. The summed E-state index contributed by atoms with van der Waals surface area (Å²) in [7, 11) is 0. The lowest BCUT2D eigenvalue weighted by atomic mass is 9.59. The molecule has 0 aliphatic heterocycles. The molecule has 1 nitrogen and oxygen atoms in total. The summed E-state index contributed by atoms with van der Waals surface area (Å²) >= 11 is 0. The van der Waals surface area contributed by atoms with Crippen LogP contribution in [-0.4, -0.2) is 11.7 Å². The first kappa shape index (κ1) is 25.6. The van der Waals surface area contributed by atoms with E-state index in [4.69, 9.17) is 0 Å². The lowest BCUT2D eigenvalue weighted by molar-refractivity contribution is 0.0283. The molecule has 3 aliphatic carbocycles. The summed E-state index contributed by atoms with van der Waals surface area (Å²) in [6.07, 6.45) is 26.3. The van der Waals surface area contributed by atoms with Crippen LogP contribution in [0.1, 0.15) is 136 Å². The number of hydrogen-bond donors (Lipinski definition) is 1. The van der Waals surface area contributed by atoms with Crippen molar-refractivity contribution >= 4 is 0 Å². The van der Waals surface area contributed by atoms with Crippen LogP contribution < -0.4 is 0 Å². The highest BCUT2D eigenvalue weighted by Crippen LogP contribution is 2.49. The first-order valence-corrected chi connectivity index (χ1v) is 14.8. The highest BCUT2D eigenvalue weighted by Gasteiger charge is 2.40. The van der Waals surface area contributed by atoms with E-state index >= 15 is 0 Å². The molecule has 1 N–H and O–H groups in total. The van der Waals surface area contributed by atoms with Crippen LogP contribution in [0.2, 0.25) is 0 Å². The van der Waals surface area contributed by atoms with Crippen molar-refractivity contribution in [2.45, 2.75) is 136 Å². The molecule has 0 amide bonds. The maximum atomic E-state index is 9.66. The molecule has 1 heteroatoms. The van der Waals surface area contributed by atoms with Gasteiger partial charge in [0.05, 0.1) is 0 Å². The number of unbranched alkanes of at least 4 members (excludes halogenated alkanes) is 2. The van der Waals surface area contributed by atoms with Crippen molar-refractivity contribution < 1.29 is 5.11 Å². The van der Waals surface area contributed by atoms with Gasteiger partial charge in [-0.15, -0.1) is 0 Å². The Bertz CT molecular complexity index is 465. The van der Waals surface area contributed by atoms with E-state index in [1.54, 1.807) is 0 Å². The second-order valence-corrected chi connectivity index (χ2v) is 12.2. The van der Waals surface area contributed by atoms with Crippen molar-refractivity contribution in [2.75, 3.05) is 6.61 Å². The Morgan fingerprint density at radius 1 is 0.548 bits per heavy atom. The summed E-state index contributed by atoms with van der Waals surface area (Å²) < 4.78 is 0. The number of hydrogen-bond acceptors (Lipinski definition) is 1. The predicted molar refractivity (Wildman–Crippen MR) is 135 cm³/mol. The van der Waals surface area contributed by atoms with Crippen molar-refractivity contribution in [2.24, 2.45) is 47.3 Å². The zero-order chi connectivity index (χ0) is 22.1. The minimum absolute atomic E-state index is 0.424. The quantitative estimate of drug-likeness (QED) is 0.323. The van der Waals surface area contributed by atoms with Gasteiger partial charge >= 0.3 is 0 Å². The fourth-order valence-corrected chi connectivity index (χ4v) is 8.23. The lowest BCUT2D eigenvalue weighted by Gasteiger charge is -2.46. The Labute approximate surface area is 195 Å². The van der Waals surface area contributed by atoms with E-state index < -0.39 is 0 Å². The van der Waals surface area contributed by atoms with Crippen LogP contribution in [-0.2, 0) is 0 Å². The van der Waals surface area contributed by atoms with Crippen molar-refractivity contribution in [1.29, 1.82) is 0 Å². The third kappa shape index (κ3) is 7.48. The van der Waals surface area contributed by atoms with Gasteiger partial charge in [-0.05, 0) is 79.4 Å². The Hall–Kier alpha value is -0.0400. The van der Waals surface area contributed by atoms with Crippen molar-refractivity contribution in [3.05, 3.63) is 0 Å². The van der Waals surface area contributed by atoms with Gasteiger partial charge < -0.3 is 5.11 Å². The molecule has 3 aliphatic rings. The molecule has 0 spiro atoms. The van der Waals surface area contributed by atoms with Gasteiger partial charge in [-0.25, -0.2) is 0 Å². The first-order chi connectivity index (χ1) is 15.2. The molecule has 3 rings (SSSR count). The topological polar surface area (TPSA) is 20.2 Å². The molecule has 3 fully saturated rings. The average molecular weight is 433 g/mol. The standard InChI is InChI=1S/C30H56O/c1-4-7-8-9-23-10-12-24(13-11-23)14-15-25-16-18-29(27(5-2)20-25)30-19-17-26(22-31)21-28(30)6-3/h23-31H,4-22H2,1-3H3. The Balaban J connectivity index is 1.40. The van der Waals surface area contributed by atoms with E-state index in [0.29, 0.717) is 12.5 Å². The summed E-state index contributed by atoms with van der Waals surface area (Å²) in [5.74, 6) is 7.56. The van der Waals surface area contributed by atoms with E-state index in [1.165, 1.54) is 116 Å². The highest BCUT2D eigenvalue weighted by molar-refractivity contribution is 4.90. The molecular weight excluding hydrogens is 376 g/mol. The smallest absolute Gasteiger partial charge is 0.0459 e. The molecule has 31 heavy (non-hydrogen) atoms. The lowest BCUT2D eigenvalue weighted by Crippen LogP contribution is -2.37. The zero-order valence-corrected chi connectivity index (χ0v) is 21.5. The summed E-state index contributed by atoms with van der Waals surface area (Å²) in [6.45, 7) is 7.63. The molecule has 0 heterocycles. The fourth-order valence-electron chi connectivity index (χ4n) is 8.23. The van der Waals surface area contributed by atoms with Gasteiger partial charge in [0.2, 0.25) is 0 Å². The van der Waals surface area contributed by atoms with E-state index in [9.17, 15) is 5.11 Å². The Morgan fingerprint density at radius 2 is 1.03 bits per heavy atom. The van der Waals surface area contributed by atoms with Crippen molar-refractivity contribution in [1.82, 2.24) is 0 Å². The second-order valence-electron chi connectivity index (χ2n) is 12.2. The summed E-state index contributed by atoms with van der Waals surface area (Å²) in [5.41, 5.74) is 0. The fraction of sp³-hybridized carbons (Fsp3) is 1.00. The molecule has 0 aromatic heterocycles. The van der Waals surface area contributed by atoms with E-state index in [1.807, 2.05) is 0 Å². The molecule has 0 radical (unpaired) electrons. The normalized spacial score (nSPS) is 39.5. The zero-order valence-electron chi connectivity index (χ0n) is 21.5. The van der Waals surface area contributed by atoms with Crippen molar-refractivity contribution in [3.63, 3.8) is 0 Å². The predicted octanol–water partition coefficient (Wildman–Crippen LogP) is 9.03. The van der Waals surface area contributed by atoms with Crippen LogP contribution in [0.5, 0.6) is 0 Å². The Morgan fingerprint density at radius 3 is 1.58 bits per heavy atom. The Kier molecular flexibility index (Phi) is 11.2. The average Bonchev–Trinajstić information content (AvgIpc) is 2.83. The molecule has 182 valence electrons. The largest absolute Gasteiger partial charge is 0.396 e. The second kappa shape index (κ2) is 13.6. The minimum atomic E-state index is 0.424. The van der Waals surface area contributed by atoms with Crippen LogP contribution in [0, 0.1) is 47.3 Å². The molecule has 6 atom stereocenters. The molecule has 3 saturated carbocycles. The van der Waals surface area contributed by atoms with Crippen LogP contribution in [0.4, 0.5) is 0 Å². The number of aliphatic hydroxyl groups is 1. The summed E-state index contributed by atoms with van der Waals surface area (Å²) in [5, 5.41) is 9.66. The number of rotatable bonds is 11. The van der Waals surface area contributed by atoms with Gasteiger partial charge in [0.1, 0.15) is 0 Å². The third-order valence-corrected chi connectivity index (χ3v) is 10.3. The van der Waals surface area contributed by atoms with Gasteiger partial charge in [-0.2, -0.15) is 0 Å². The third-order valence-electron chi connectivity index (χ3n) is 10.3. The maximum absolute atomic E-state index is 9.66. The molecule has 6 unspecified atom stereocenters. The summed E-state index contributed by atoms with van der Waals surface area (Å²) in [4.78, 5) is 0. The van der Waals surface area contributed by atoms with Crippen LogP contribution >= 0.6 is 0 Å². The summed E-state index contributed by atoms with van der Waals surface area (Å²) in [6, 6.07) is 0. The van der Waals surface area contributed by atoms with E-state index in [0.717, 1.165) is 41.4 Å². The van der Waals surface area contributed by atoms with Gasteiger partial charge in [0.25, 0.3) is 0 Å². The van der Waals surface area contributed by atoms with Gasteiger partial charge in [-0.1, -0.05) is 104 Å². The van der Waals surface area contributed by atoms with Crippen LogP contribution in [0.3, 0.4) is 0 Å². The SMILES string of the molecule is CCCCCC1CCC(CCC2CCC(C3CCC(CO)CC3CC)C(CC)C2)CC1. The van der Waals surface area contributed by atoms with E-state index in [-0.39, 0.29) is 0 Å². The van der Waals surface area contributed by atoms with Crippen LogP contribution in [0.15, 0.2) is 0 Å². The maximum Gasteiger partial charge on any atom is 0.0459 e. The van der Waals surface area contributed by atoms with Gasteiger partial charge in [0, 0.05) is 6.61 Å². The molecule has 0 aromatic rings. The van der Waals surface area contributed by atoms with Gasteiger partial charge in [0.15, 0.2) is 0 Å². The molecule has 0 bridgehead atoms. The monoisotopic (exact) mass is 432 g/mol. The highest BCUT2D eigenvalue weighted by atomic mass is 16.3. The van der Waals surface area contributed by atoms with Crippen LogP contribution in [0.25, 0.3) is 0 Å².